The van der Waals surface area contributed by atoms with E-state index in [1.54, 1.807) is 11.0 Å². The topological polar surface area (TPSA) is 58.6 Å². The number of likely N-dealkylation sites (tertiary alicyclic amines) is 1. The predicted molar refractivity (Wildman–Crippen MR) is 140 cm³/mol. The van der Waals surface area contributed by atoms with Crippen molar-refractivity contribution in [1.82, 2.24) is 4.90 Å². The third-order valence-electron chi connectivity index (χ3n) is 6.77. The van der Waals surface area contributed by atoms with Crippen LogP contribution in [0.4, 0.5) is 10.1 Å². The van der Waals surface area contributed by atoms with Crippen LogP contribution in [0.5, 0.6) is 5.75 Å². The number of ether oxygens (including phenoxy) is 1. The van der Waals surface area contributed by atoms with Gasteiger partial charge in [0, 0.05) is 18.3 Å². The van der Waals surface area contributed by atoms with Gasteiger partial charge in [-0.2, -0.15) is 0 Å². The number of piperidine rings is 1. The molecule has 0 spiro atoms. The summed E-state index contributed by atoms with van der Waals surface area (Å²) >= 11 is 0. The lowest BCUT2D eigenvalue weighted by atomic mass is 9.83. The van der Waals surface area contributed by atoms with Gasteiger partial charge in [0.15, 0.2) is 0 Å². The van der Waals surface area contributed by atoms with Gasteiger partial charge in [-0.05, 0) is 53.6 Å². The van der Waals surface area contributed by atoms with E-state index in [1.165, 1.54) is 19.2 Å². The number of amides is 2. The molecule has 4 rings (SSSR count). The number of carbonyl (C=O) groups is 2. The zero-order valence-corrected chi connectivity index (χ0v) is 21.3. The zero-order valence-electron chi connectivity index (χ0n) is 21.3. The first-order valence-electron chi connectivity index (χ1n) is 12.3. The van der Waals surface area contributed by atoms with Gasteiger partial charge in [0.05, 0.1) is 24.6 Å². The lowest BCUT2D eigenvalue weighted by Crippen LogP contribution is -2.46. The molecular formula is C30H33FN2O3. The molecule has 0 unspecified atom stereocenters. The van der Waals surface area contributed by atoms with Gasteiger partial charge in [-0.25, -0.2) is 4.39 Å². The number of carbonyl (C=O) groups excluding carboxylic acids is 2. The molecule has 0 bridgehead atoms. The highest BCUT2D eigenvalue weighted by molar-refractivity contribution is 5.97. The molecule has 2 amide bonds. The van der Waals surface area contributed by atoms with Crippen molar-refractivity contribution in [3.8, 4) is 5.75 Å². The fraction of sp³-hybridized carbons (Fsp3) is 0.333. The highest BCUT2D eigenvalue weighted by atomic mass is 19.1. The van der Waals surface area contributed by atoms with Crippen molar-refractivity contribution in [2.45, 2.75) is 45.1 Å². The summed E-state index contributed by atoms with van der Waals surface area (Å²) < 4.78 is 19.9. The number of benzene rings is 3. The first-order valence-corrected chi connectivity index (χ1v) is 12.3. The molecule has 2 atom stereocenters. The molecule has 6 heteroatoms. The number of hydrogen-bond donors (Lipinski definition) is 1. The van der Waals surface area contributed by atoms with Crippen LogP contribution < -0.4 is 10.1 Å². The molecule has 3 aromatic carbocycles. The highest BCUT2D eigenvalue weighted by Crippen LogP contribution is 2.38. The van der Waals surface area contributed by atoms with E-state index in [-0.39, 0.29) is 16.9 Å². The minimum atomic E-state index is -0.642. The summed E-state index contributed by atoms with van der Waals surface area (Å²) in [6.07, 6.45) is 1.27. The second kappa shape index (κ2) is 10.5. The molecule has 36 heavy (non-hydrogen) atoms. The summed E-state index contributed by atoms with van der Waals surface area (Å²) in [5.74, 6) is -1.36. The Hall–Kier alpha value is -3.67. The number of nitrogens with zero attached hydrogens (tertiary/aromatic N) is 1. The predicted octanol–water partition coefficient (Wildman–Crippen LogP) is 6.36. The SMILES string of the molecule is COc1ccc(C(=O)N2CCC[C@H](C(=O)Nc3cccc(C(C)(C)C)c3)[C@@H]2c2ccccc2)c(F)c1. The van der Waals surface area contributed by atoms with E-state index in [0.29, 0.717) is 25.1 Å². The summed E-state index contributed by atoms with van der Waals surface area (Å²) in [5, 5.41) is 3.08. The molecular weight excluding hydrogens is 455 g/mol. The van der Waals surface area contributed by atoms with Crippen LogP contribution in [-0.2, 0) is 10.2 Å². The van der Waals surface area contributed by atoms with Crippen LogP contribution >= 0.6 is 0 Å². The van der Waals surface area contributed by atoms with E-state index < -0.39 is 23.7 Å². The zero-order chi connectivity index (χ0) is 25.9. The summed E-state index contributed by atoms with van der Waals surface area (Å²) in [7, 11) is 1.45. The average Bonchev–Trinajstić information content (AvgIpc) is 2.88. The van der Waals surface area contributed by atoms with Gasteiger partial charge >= 0.3 is 0 Å². The maximum atomic E-state index is 14.8. The Balaban J connectivity index is 1.66. The maximum absolute atomic E-state index is 14.8. The molecule has 1 aliphatic rings. The maximum Gasteiger partial charge on any atom is 0.257 e. The Labute approximate surface area is 212 Å². The molecule has 1 heterocycles. The van der Waals surface area contributed by atoms with E-state index in [9.17, 15) is 14.0 Å². The highest BCUT2D eigenvalue weighted by Gasteiger charge is 2.40. The average molecular weight is 489 g/mol. The lowest BCUT2D eigenvalue weighted by Gasteiger charge is -2.41. The Bertz CT molecular complexity index is 1240. The molecule has 5 nitrogen and oxygen atoms in total. The summed E-state index contributed by atoms with van der Waals surface area (Å²) in [4.78, 5) is 28.9. The number of halogens is 1. The van der Waals surface area contributed by atoms with Gasteiger partial charge in [-0.1, -0.05) is 63.2 Å². The van der Waals surface area contributed by atoms with Gasteiger partial charge in [-0.15, -0.1) is 0 Å². The van der Waals surface area contributed by atoms with Crippen molar-refractivity contribution in [3.63, 3.8) is 0 Å². The van der Waals surface area contributed by atoms with E-state index >= 15 is 0 Å². The number of methoxy groups -OCH3 is 1. The van der Waals surface area contributed by atoms with Gasteiger partial charge in [0.25, 0.3) is 5.91 Å². The molecule has 1 fully saturated rings. The second-order valence-electron chi connectivity index (χ2n) is 10.3. The number of hydrogen-bond acceptors (Lipinski definition) is 3. The molecule has 1 aliphatic heterocycles. The Morgan fingerprint density at radius 1 is 1.00 bits per heavy atom. The van der Waals surface area contributed by atoms with Crippen molar-refractivity contribution in [1.29, 1.82) is 0 Å². The fourth-order valence-corrected chi connectivity index (χ4v) is 4.81. The van der Waals surface area contributed by atoms with Crippen molar-refractivity contribution in [2.24, 2.45) is 5.92 Å². The molecule has 188 valence electrons. The van der Waals surface area contributed by atoms with E-state index in [2.05, 4.69) is 26.1 Å². The van der Waals surface area contributed by atoms with Gasteiger partial charge < -0.3 is 15.0 Å². The number of nitrogens with one attached hydrogen (secondary N) is 1. The smallest absolute Gasteiger partial charge is 0.257 e. The minimum absolute atomic E-state index is 0.0318. The van der Waals surface area contributed by atoms with Crippen LogP contribution in [0.1, 0.15) is 61.1 Å². The monoisotopic (exact) mass is 488 g/mol. The van der Waals surface area contributed by atoms with Crippen molar-refractivity contribution >= 4 is 17.5 Å². The second-order valence-corrected chi connectivity index (χ2v) is 10.3. The van der Waals surface area contributed by atoms with Crippen LogP contribution in [0.2, 0.25) is 0 Å². The van der Waals surface area contributed by atoms with Crippen LogP contribution in [0.25, 0.3) is 0 Å². The van der Waals surface area contributed by atoms with Gasteiger partial charge in [0.2, 0.25) is 5.91 Å². The molecule has 0 radical (unpaired) electrons. The van der Waals surface area contributed by atoms with E-state index in [0.717, 1.165) is 16.8 Å². The summed E-state index contributed by atoms with van der Waals surface area (Å²) in [5.41, 5.74) is 2.61. The van der Waals surface area contributed by atoms with E-state index in [4.69, 9.17) is 4.74 Å². The fourth-order valence-electron chi connectivity index (χ4n) is 4.81. The molecule has 1 N–H and O–H groups in total. The minimum Gasteiger partial charge on any atom is -0.497 e. The molecule has 3 aromatic rings. The Kier molecular flexibility index (Phi) is 7.43. The summed E-state index contributed by atoms with van der Waals surface area (Å²) in [6, 6.07) is 21.1. The normalized spacial score (nSPS) is 18.0. The molecule has 1 saturated heterocycles. The first kappa shape index (κ1) is 25.4. The largest absolute Gasteiger partial charge is 0.497 e. The summed E-state index contributed by atoms with van der Waals surface area (Å²) in [6.45, 7) is 6.82. The van der Waals surface area contributed by atoms with Gasteiger partial charge in [0.1, 0.15) is 11.6 Å². The van der Waals surface area contributed by atoms with Gasteiger partial charge in [-0.3, -0.25) is 9.59 Å². The number of rotatable bonds is 5. The van der Waals surface area contributed by atoms with Crippen molar-refractivity contribution < 1.29 is 18.7 Å². The third-order valence-corrected chi connectivity index (χ3v) is 6.77. The van der Waals surface area contributed by atoms with Crippen LogP contribution in [0, 0.1) is 11.7 Å². The molecule has 0 saturated carbocycles. The Morgan fingerprint density at radius 3 is 2.42 bits per heavy atom. The molecule has 0 aliphatic carbocycles. The Morgan fingerprint density at radius 2 is 1.75 bits per heavy atom. The van der Waals surface area contributed by atoms with Crippen molar-refractivity contribution in [3.05, 3.63) is 95.3 Å². The third kappa shape index (κ3) is 5.43. The van der Waals surface area contributed by atoms with Crippen LogP contribution in [0.15, 0.2) is 72.8 Å². The standard InChI is InChI=1S/C30H33FN2O3/c1-30(2,3)21-12-8-13-22(18-21)32-28(34)25-14-9-17-33(27(25)20-10-6-5-7-11-20)29(35)24-16-15-23(36-4)19-26(24)31/h5-8,10-13,15-16,18-19,25,27H,9,14,17H2,1-4H3,(H,32,34)/t25-,27-/m0/s1. The quantitative estimate of drug-likeness (QED) is 0.454. The van der Waals surface area contributed by atoms with Crippen LogP contribution in [-0.4, -0.2) is 30.4 Å². The first-order chi connectivity index (χ1) is 17.2. The number of anilines is 1. The van der Waals surface area contributed by atoms with E-state index in [1.807, 2.05) is 54.6 Å². The van der Waals surface area contributed by atoms with Crippen LogP contribution in [0.3, 0.4) is 0 Å². The molecule has 0 aromatic heterocycles. The lowest BCUT2D eigenvalue weighted by molar-refractivity contribution is -0.123. The van der Waals surface area contributed by atoms with Crippen molar-refractivity contribution in [2.75, 3.05) is 19.0 Å².